The van der Waals surface area contributed by atoms with Crippen molar-refractivity contribution < 1.29 is 9.47 Å². The average molecular weight is 293 g/mol. The van der Waals surface area contributed by atoms with E-state index < -0.39 is 0 Å². The smallest absolute Gasteiger partial charge is 0.190 e. The fraction of sp³-hybridized carbons (Fsp3) is 0.562. The number of methoxy groups -OCH3 is 2. The molecule has 5 nitrogen and oxygen atoms in total. The standard InChI is InChI=1S/C16H27N3O2/c1-13-6-7-14(12-15(13)21-4)8-10-19-16(17-2)18-9-5-11-20-3/h6-7,12H,5,8-11H2,1-4H3,(H2,17,18,19). The predicted octanol–water partition coefficient (Wildman–Crippen LogP) is 1.75. The maximum Gasteiger partial charge on any atom is 0.190 e. The Kier molecular flexibility index (Phi) is 8.28. The van der Waals surface area contributed by atoms with Crippen molar-refractivity contribution in [3.05, 3.63) is 29.3 Å². The first kappa shape index (κ1) is 17.3. The van der Waals surface area contributed by atoms with Gasteiger partial charge < -0.3 is 20.1 Å². The second kappa shape index (κ2) is 10.0. The van der Waals surface area contributed by atoms with Crippen molar-refractivity contribution in [3.63, 3.8) is 0 Å². The Morgan fingerprint density at radius 3 is 2.62 bits per heavy atom. The van der Waals surface area contributed by atoms with Gasteiger partial charge in [-0.15, -0.1) is 0 Å². The molecule has 0 bridgehead atoms. The van der Waals surface area contributed by atoms with Crippen LogP contribution in [-0.4, -0.2) is 46.9 Å². The van der Waals surface area contributed by atoms with E-state index in [1.807, 2.05) is 6.92 Å². The summed E-state index contributed by atoms with van der Waals surface area (Å²) < 4.78 is 10.4. The summed E-state index contributed by atoms with van der Waals surface area (Å²) in [6.07, 6.45) is 1.89. The van der Waals surface area contributed by atoms with Gasteiger partial charge in [0.2, 0.25) is 0 Å². The SMILES string of the molecule is CN=C(NCCCOC)NCCc1ccc(C)c(OC)c1. The minimum Gasteiger partial charge on any atom is -0.496 e. The molecule has 0 aliphatic heterocycles. The van der Waals surface area contributed by atoms with Crippen LogP contribution in [0.15, 0.2) is 23.2 Å². The highest BCUT2D eigenvalue weighted by Crippen LogP contribution is 2.18. The molecule has 2 N–H and O–H groups in total. The summed E-state index contributed by atoms with van der Waals surface area (Å²) in [5.74, 6) is 1.76. The van der Waals surface area contributed by atoms with Gasteiger partial charge in [0.1, 0.15) is 5.75 Å². The van der Waals surface area contributed by atoms with Gasteiger partial charge in [-0.25, -0.2) is 0 Å². The molecule has 1 aromatic rings. The highest BCUT2D eigenvalue weighted by atomic mass is 16.5. The summed E-state index contributed by atoms with van der Waals surface area (Å²) in [5.41, 5.74) is 2.41. The van der Waals surface area contributed by atoms with E-state index >= 15 is 0 Å². The zero-order valence-electron chi connectivity index (χ0n) is 13.5. The minimum atomic E-state index is 0.757. The van der Waals surface area contributed by atoms with Gasteiger partial charge in [0.15, 0.2) is 5.96 Å². The Bertz CT molecular complexity index is 447. The highest BCUT2D eigenvalue weighted by Gasteiger charge is 2.01. The lowest BCUT2D eigenvalue weighted by molar-refractivity contribution is 0.195. The topological polar surface area (TPSA) is 54.9 Å². The van der Waals surface area contributed by atoms with E-state index in [2.05, 4.69) is 33.8 Å². The molecule has 0 amide bonds. The molecule has 0 spiro atoms. The predicted molar refractivity (Wildman–Crippen MR) is 87.3 cm³/mol. The summed E-state index contributed by atoms with van der Waals surface area (Å²) in [4.78, 5) is 4.19. The van der Waals surface area contributed by atoms with Gasteiger partial charge in [-0.3, -0.25) is 4.99 Å². The van der Waals surface area contributed by atoms with Gasteiger partial charge in [0.25, 0.3) is 0 Å². The van der Waals surface area contributed by atoms with Crippen LogP contribution in [0.4, 0.5) is 0 Å². The van der Waals surface area contributed by atoms with E-state index in [9.17, 15) is 0 Å². The lowest BCUT2D eigenvalue weighted by Crippen LogP contribution is -2.39. The summed E-state index contributed by atoms with van der Waals surface area (Å²) >= 11 is 0. The maximum absolute atomic E-state index is 5.34. The number of nitrogens with one attached hydrogen (secondary N) is 2. The summed E-state index contributed by atoms with van der Waals surface area (Å²) in [6, 6.07) is 6.31. The number of hydrogen-bond donors (Lipinski definition) is 2. The third-order valence-corrected chi connectivity index (χ3v) is 3.22. The molecule has 5 heteroatoms. The quantitative estimate of drug-likeness (QED) is 0.435. The molecule has 1 rings (SSSR count). The Morgan fingerprint density at radius 1 is 1.19 bits per heavy atom. The normalized spacial score (nSPS) is 11.3. The Hall–Kier alpha value is -1.75. The first-order valence-electron chi connectivity index (χ1n) is 7.28. The van der Waals surface area contributed by atoms with Crippen LogP contribution in [0.25, 0.3) is 0 Å². The van der Waals surface area contributed by atoms with Crippen molar-refractivity contribution in [2.45, 2.75) is 19.8 Å². The van der Waals surface area contributed by atoms with Crippen LogP contribution in [-0.2, 0) is 11.2 Å². The van der Waals surface area contributed by atoms with Crippen LogP contribution in [0.1, 0.15) is 17.5 Å². The van der Waals surface area contributed by atoms with E-state index in [-0.39, 0.29) is 0 Å². The van der Waals surface area contributed by atoms with Gasteiger partial charge >= 0.3 is 0 Å². The summed E-state index contributed by atoms with van der Waals surface area (Å²) in [6.45, 7) is 4.49. The van der Waals surface area contributed by atoms with Crippen LogP contribution in [0.3, 0.4) is 0 Å². The number of aliphatic imine (C=N–C) groups is 1. The molecule has 0 heterocycles. The fourth-order valence-electron chi connectivity index (χ4n) is 1.99. The monoisotopic (exact) mass is 293 g/mol. The third-order valence-electron chi connectivity index (χ3n) is 3.22. The molecule has 0 unspecified atom stereocenters. The van der Waals surface area contributed by atoms with E-state index in [4.69, 9.17) is 9.47 Å². The van der Waals surface area contributed by atoms with Crippen LogP contribution in [0.5, 0.6) is 5.75 Å². The van der Waals surface area contributed by atoms with Crippen LogP contribution in [0.2, 0.25) is 0 Å². The molecule has 0 aliphatic rings. The second-order valence-corrected chi connectivity index (χ2v) is 4.83. The average Bonchev–Trinajstić information content (AvgIpc) is 2.51. The molecule has 0 saturated heterocycles. The Labute approximate surface area is 127 Å². The molecule has 1 aromatic carbocycles. The molecule has 21 heavy (non-hydrogen) atoms. The molecule has 0 fully saturated rings. The summed E-state index contributed by atoms with van der Waals surface area (Å²) in [5, 5.41) is 6.56. The van der Waals surface area contributed by atoms with Crippen molar-refractivity contribution in [2.75, 3.05) is 41.0 Å². The van der Waals surface area contributed by atoms with Crippen molar-refractivity contribution in [1.82, 2.24) is 10.6 Å². The molecule has 0 saturated carbocycles. The number of hydrogen-bond acceptors (Lipinski definition) is 3. The van der Waals surface area contributed by atoms with E-state index in [1.54, 1.807) is 21.3 Å². The molecule has 0 aliphatic carbocycles. The molecular weight excluding hydrogens is 266 g/mol. The first-order valence-corrected chi connectivity index (χ1v) is 7.28. The zero-order chi connectivity index (χ0) is 15.5. The minimum absolute atomic E-state index is 0.757. The first-order chi connectivity index (χ1) is 10.2. The van der Waals surface area contributed by atoms with Gasteiger partial charge in [-0.2, -0.15) is 0 Å². The Balaban J connectivity index is 2.34. The van der Waals surface area contributed by atoms with E-state index in [0.29, 0.717) is 0 Å². The number of ether oxygens (including phenoxy) is 2. The highest BCUT2D eigenvalue weighted by molar-refractivity contribution is 5.79. The van der Waals surface area contributed by atoms with E-state index in [0.717, 1.165) is 49.8 Å². The van der Waals surface area contributed by atoms with Crippen LogP contribution in [0, 0.1) is 6.92 Å². The van der Waals surface area contributed by atoms with Gasteiger partial charge in [0, 0.05) is 33.9 Å². The number of rotatable bonds is 8. The zero-order valence-corrected chi connectivity index (χ0v) is 13.5. The maximum atomic E-state index is 5.34. The molecule has 0 radical (unpaired) electrons. The van der Waals surface area contributed by atoms with Crippen molar-refractivity contribution in [3.8, 4) is 5.75 Å². The number of benzene rings is 1. The lowest BCUT2D eigenvalue weighted by atomic mass is 10.1. The Morgan fingerprint density at radius 2 is 1.95 bits per heavy atom. The van der Waals surface area contributed by atoms with E-state index in [1.165, 1.54) is 5.56 Å². The van der Waals surface area contributed by atoms with Gasteiger partial charge in [0.05, 0.1) is 7.11 Å². The number of nitrogens with zero attached hydrogens (tertiary/aromatic N) is 1. The van der Waals surface area contributed by atoms with Gasteiger partial charge in [-0.05, 0) is 37.0 Å². The van der Waals surface area contributed by atoms with Crippen molar-refractivity contribution in [2.24, 2.45) is 4.99 Å². The van der Waals surface area contributed by atoms with Crippen molar-refractivity contribution in [1.29, 1.82) is 0 Å². The second-order valence-electron chi connectivity index (χ2n) is 4.83. The molecule has 0 atom stereocenters. The molecule has 0 aromatic heterocycles. The number of guanidine groups is 1. The largest absolute Gasteiger partial charge is 0.496 e. The van der Waals surface area contributed by atoms with Crippen LogP contribution >= 0.6 is 0 Å². The summed E-state index contributed by atoms with van der Waals surface area (Å²) in [7, 11) is 5.19. The number of aryl methyl sites for hydroxylation is 1. The van der Waals surface area contributed by atoms with Crippen molar-refractivity contribution >= 4 is 5.96 Å². The fourth-order valence-corrected chi connectivity index (χ4v) is 1.99. The lowest BCUT2D eigenvalue weighted by Gasteiger charge is -2.12. The third kappa shape index (κ3) is 6.49. The molecular formula is C16H27N3O2. The van der Waals surface area contributed by atoms with Gasteiger partial charge in [-0.1, -0.05) is 12.1 Å². The molecule has 118 valence electrons. The van der Waals surface area contributed by atoms with Crippen LogP contribution < -0.4 is 15.4 Å².